The Bertz CT molecular complexity index is 1820. The number of tetrazole rings is 1. The van der Waals surface area contributed by atoms with Crippen molar-refractivity contribution in [2.45, 2.75) is 82.6 Å². The zero-order valence-electron chi connectivity index (χ0n) is 30.3. The van der Waals surface area contributed by atoms with Crippen molar-refractivity contribution in [1.29, 1.82) is 0 Å². The molecule has 1 aromatic heterocycles. The maximum Gasteiger partial charge on any atom is 0.408 e. The Morgan fingerprint density at radius 1 is 1.11 bits per heavy atom. The van der Waals surface area contributed by atoms with Crippen LogP contribution in [0, 0.1) is 11.3 Å². The van der Waals surface area contributed by atoms with Crippen LogP contribution in [0.4, 0.5) is 4.79 Å². The summed E-state index contributed by atoms with van der Waals surface area (Å²) in [5.74, 6) is -1.75. The van der Waals surface area contributed by atoms with E-state index >= 15 is 0 Å². The Morgan fingerprint density at radius 2 is 1.81 bits per heavy atom. The van der Waals surface area contributed by atoms with E-state index < -0.39 is 69.0 Å². The van der Waals surface area contributed by atoms with Crippen LogP contribution < -0.4 is 20.1 Å². The first-order chi connectivity index (χ1) is 25.1. The molecule has 3 heterocycles. The molecule has 3 N–H and O–H groups in total. The van der Waals surface area contributed by atoms with E-state index in [4.69, 9.17) is 14.2 Å². The molecule has 4 amide bonds. The fraction of sp³-hybridized carbons (Fsp3) is 0.618. The van der Waals surface area contributed by atoms with Gasteiger partial charge in [-0.15, -0.1) is 16.8 Å². The number of alkyl carbamates (subject to hydrolysis) is 1. The monoisotopic (exact) mass is 757 g/mol. The minimum Gasteiger partial charge on any atom is -0.497 e. The average Bonchev–Trinajstić information content (AvgIpc) is 3.41. The molecule has 19 heteroatoms. The first kappa shape index (κ1) is 38.1. The number of carbonyl (C=O) groups is 4. The van der Waals surface area contributed by atoms with Gasteiger partial charge in [-0.1, -0.05) is 26.8 Å². The highest BCUT2D eigenvalue weighted by Gasteiger charge is 2.62. The van der Waals surface area contributed by atoms with Gasteiger partial charge in [0.1, 0.15) is 29.5 Å². The number of nitrogens with one attached hydrogen (secondary N) is 3. The molecule has 2 aromatic rings. The van der Waals surface area contributed by atoms with Crippen molar-refractivity contribution in [2.75, 3.05) is 40.0 Å². The highest BCUT2D eigenvalue weighted by atomic mass is 32.2. The van der Waals surface area contributed by atoms with Crippen molar-refractivity contribution >= 4 is 34.0 Å². The van der Waals surface area contributed by atoms with E-state index in [-0.39, 0.29) is 51.8 Å². The largest absolute Gasteiger partial charge is 0.497 e. The zero-order chi connectivity index (χ0) is 38.1. The number of nitrogens with zero attached hydrogens (tertiary/aromatic N) is 6. The topological polar surface area (TPSA) is 216 Å². The number of aromatic nitrogens is 4. The summed E-state index contributed by atoms with van der Waals surface area (Å²) >= 11 is 0. The minimum absolute atomic E-state index is 0.0297. The number of morpholine rings is 1. The smallest absolute Gasteiger partial charge is 0.408 e. The van der Waals surface area contributed by atoms with Crippen LogP contribution in [0.5, 0.6) is 5.75 Å². The Kier molecular flexibility index (Phi) is 10.8. The molecule has 2 saturated heterocycles. The number of rotatable bonds is 12. The van der Waals surface area contributed by atoms with Crippen LogP contribution in [0.25, 0.3) is 11.4 Å². The summed E-state index contributed by atoms with van der Waals surface area (Å²) in [6, 6.07) is 4.18. The summed E-state index contributed by atoms with van der Waals surface area (Å²) in [7, 11) is -2.68. The zero-order valence-corrected chi connectivity index (χ0v) is 31.1. The van der Waals surface area contributed by atoms with Gasteiger partial charge in [0.05, 0.1) is 26.4 Å². The number of likely N-dealkylation sites (tertiary alicyclic amines) is 1. The highest BCUT2D eigenvalue weighted by molar-refractivity contribution is 7.87. The molecule has 2 aliphatic carbocycles. The first-order valence-corrected chi connectivity index (χ1v) is 19.2. The second-order valence-corrected chi connectivity index (χ2v) is 16.6. The van der Waals surface area contributed by atoms with E-state index in [1.54, 1.807) is 52.1 Å². The van der Waals surface area contributed by atoms with Crippen LogP contribution in [0.3, 0.4) is 0 Å². The predicted molar refractivity (Wildman–Crippen MR) is 188 cm³/mol. The number of methoxy groups -OCH3 is 1. The maximum absolute atomic E-state index is 14.5. The molecule has 5 atom stereocenters. The minimum atomic E-state index is -4.23. The molecule has 1 aromatic carbocycles. The average molecular weight is 758 g/mol. The number of hydrogen-bond donors (Lipinski definition) is 3. The molecule has 18 nitrogen and oxygen atoms in total. The van der Waals surface area contributed by atoms with Crippen LogP contribution in [0.15, 0.2) is 36.9 Å². The van der Waals surface area contributed by atoms with Crippen molar-refractivity contribution in [3.63, 3.8) is 0 Å². The fourth-order valence-corrected chi connectivity index (χ4v) is 7.89. The molecule has 6 rings (SSSR count). The van der Waals surface area contributed by atoms with Crippen molar-refractivity contribution in [3.8, 4) is 17.1 Å². The third kappa shape index (κ3) is 8.16. The van der Waals surface area contributed by atoms with Gasteiger partial charge in [-0.2, -0.15) is 17.5 Å². The molecule has 0 unspecified atom stereocenters. The van der Waals surface area contributed by atoms with Gasteiger partial charge in [-0.05, 0) is 60.6 Å². The summed E-state index contributed by atoms with van der Waals surface area (Å²) in [5.41, 5.74) is -1.75. The second kappa shape index (κ2) is 15.0. The normalized spacial score (nSPS) is 25.4. The number of benzene rings is 1. The summed E-state index contributed by atoms with van der Waals surface area (Å²) in [4.78, 5) is 58.1. The number of amides is 4. The number of hydrogen-bond acceptors (Lipinski definition) is 12. The standard InChI is InChI=1S/C34H47N9O9S/c1-6-22-19-34(22,31(46)39-53(48,49)41-14-16-51-17-15-41)36-29(44)26-18-23(43-38-28(37-40-43)21-10-12-24(50-5)13-11-21)20-42(26)30(45)27(33(2,3)4)35-32(47)52-25-8-7-9-25/h6,10-13,22-23,25-27H,1,7-9,14-20H2,2-5H3,(H,35,47)(H,36,44)(H,39,46)/t22-,23-,26+,27-,34-/m1/s1. The van der Waals surface area contributed by atoms with E-state index in [0.717, 1.165) is 23.6 Å². The van der Waals surface area contributed by atoms with E-state index in [0.29, 0.717) is 17.1 Å². The van der Waals surface area contributed by atoms with E-state index in [1.807, 2.05) is 0 Å². The van der Waals surface area contributed by atoms with Gasteiger partial charge in [0, 0.05) is 37.5 Å². The molecule has 0 radical (unpaired) electrons. The van der Waals surface area contributed by atoms with Crippen molar-refractivity contribution in [3.05, 3.63) is 36.9 Å². The number of ether oxygens (including phenoxy) is 3. The lowest BCUT2D eigenvalue weighted by Crippen LogP contribution is -2.60. The second-order valence-electron chi connectivity index (χ2n) is 14.9. The van der Waals surface area contributed by atoms with Crippen molar-refractivity contribution in [1.82, 2.24) is 44.8 Å². The van der Waals surface area contributed by atoms with Crippen LogP contribution >= 0.6 is 0 Å². The van der Waals surface area contributed by atoms with Crippen molar-refractivity contribution < 1.29 is 41.8 Å². The van der Waals surface area contributed by atoms with Crippen LogP contribution in [-0.2, 0) is 34.1 Å². The third-order valence-corrected chi connectivity index (χ3v) is 11.7. The molecule has 4 fully saturated rings. The van der Waals surface area contributed by atoms with Gasteiger partial charge in [0.15, 0.2) is 0 Å². The lowest BCUT2D eigenvalue weighted by Gasteiger charge is -2.36. The fourth-order valence-electron chi connectivity index (χ4n) is 6.71. The van der Waals surface area contributed by atoms with Crippen molar-refractivity contribution in [2.24, 2.45) is 11.3 Å². The SMILES string of the molecule is C=C[C@@H]1C[C@]1(NC(=O)[C@@H]1C[C@@H](n2nnc(-c3ccc(OC)cc3)n2)CN1C(=O)[C@@H](NC(=O)OC1CCC1)C(C)(C)C)C(=O)NS(=O)(=O)N1CCOCC1. The molecular formula is C34H47N9O9S. The summed E-state index contributed by atoms with van der Waals surface area (Å²) in [6.45, 7) is 9.61. The number of carbonyl (C=O) groups excluding carboxylic acids is 4. The van der Waals surface area contributed by atoms with Crippen LogP contribution in [0.1, 0.15) is 58.9 Å². The molecule has 2 saturated carbocycles. The maximum atomic E-state index is 14.5. The molecule has 0 spiro atoms. The molecule has 2 aliphatic heterocycles. The Hall–Kier alpha value is -4.62. The summed E-state index contributed by atoms with van der Waals surface area (Å²) < 4.78 is 45.4. The lowest BCUT2D eigenvalue weighted by atomic mass is 9.85. The van der Waals surface area contributed by atoms with Crippen LogP contribution in [-0.4, -0.2) is 125 Å². The van der Waals surface area contributed by atoms with E-state index in [2.05, 4.69) is 37.3 Å². The Morgan fingerprint density at radius 3 is 2.40 bits per heavy atom. The molecule has 53 heavy (non-hydrogen) atoms. The third-order valence-electron chi connectivity index (χ3n) is 10.3. The highest BCUT2D eigenvalue weighted by Crippen LogP contribution is 2.45. The summed E-state index contributed by atoms with van der Waals surface area (Å²) in [5, 5.41) is 18.5. The lowest BCUT2D eigenvalue weighted by molar-refractivity contribution is -0.143. The summed E-state index contributed by atoms with van der Waals surface area (Å²) in [6.07, 6.45) is 3.11. The van der Waals surface area contributed by atoms with Crippen LogP contribution in [0.2, 0.25) is 0 Å². The van der Waals surface area contributed by atoms with E-state index in [9.17, 15) is 27.6 Å². The van der Waals surface area contributed by atoms with Gasteiger partial charge in [0.2, 0.25) is 17.6 Å². The van der Waals surface area contributed by atoms with Gasteiger partial charge in [0.25, 0.3) is 5.91 Å². The van der Waals surface area contributed by atoms with Gasteiger partial charge < -0.3 is 29.7 Å². The molecule has 0 bridgehead atoms. The van der Waals surface area contributed by atoms with Gasteiger partial charge >= 0.3 is 16.3 Å². The Labute approximate surface area is 308 Å². The van der Waals surface area contributed by atoms with Gasteiger partial charge in [-0.25, -0.2) is 9.52 Å². The van der Waals surface area contributed by atoms with E-state index in [1.165, 1.54) is 15.8 Å². The molecule has 4 aliphatic rings. The molecular weight excluding hydrogens is 710 g/mol. The van der Waals surface area contributed by atoms with Gasteiger partial charge in [-0.3, -0.25) is 14.4 Å². The first-order valence-electron chi connectivity index (χ1n) is 17.7. The Balaban J connectivity index is 1.26. The predicted octanol–water partition coefficient (Wildman–Crippen LogP) is 0.938. The quantitative estimate of drug-likeness (QED) is 0.258. The molecule has 288 valence electrons.